The second-order valence-electron chi connectivity index (χ2n) is 4.55. The Morgan fingerprint density at radius 2 is 1.90 bits per heavy atom. The first-order valence-corrected chi connectivity index (χ1v) is 8.54. The van der Waals surface area contributed by atoms with Gasteiger partial charge in [0.1, 0.15) is 0 Å². The lowest BCUT2D eigenvalue weighted by molar-refractivity contribution is -0.145. The van der Waals surface area contributed by atoms with E-state index in [-0.39, 0.29) is 0 Å². The van der Waals surface area contributed by atoms with Gasteiger partial charge in [-0.2, -0.15) is 0 Å². The maximum absolute atomic E-state index is 11.9. The Bertz CT molecular complexity index is 508. The van der Waals surface area contributed by atoms with Crippen molar-refractivity contribution in [2.45, 2.75) is 17.1 Å². The molecule has 0 spiro atoms. The fourth-order valence-electron chi connectivity index (χ4n) is 2.11. The molecule has 2 aliphatic rings. The van der Waals surface area contributed by atoms with Gasteiger partial charge in [0.15, 0.2) is 0 Å². The van der Waals surface area contributed by atoms with Crippen LogP contribution >= 0.6 is 23.5 Å². The third kappa shape index (κ3) is 2.96. The highest BCUT2D eigenvalue weighted by Gasteiger charge is 2.30. The Morgan fingerprint density at radius 1 is 1.20 bits per heavy atom. The molecular weight excluding hydrogens is 296 g/mol. The molecule has 0 aromatic heterocycles. The molecule has 0 bridgehead atoms. The van der Waals surface area contributed by atoms with E-state index in [0.29, 0.717) is 23.2 Å². The van der Waals surface area contributed by atoms with Crippen LogP contribution in [0.1, 0.15) is 26.9 Å². The summed E-state index contributed by atoms with van der Waals surface area (Å²) in [5, 5.41) is 0. The minimum Gasteiger partial charge on any atom is -0.463 e. The summed E-state index contributed by atoms with van der Waals surface area (Å²) in [7, 11) is 0. The van der Waals surface area contributed by atoms with E-state index in [0.717, 1.165) is 0 Å². The molecule has 6 heteroatoms. The number of cyclic esters (lactones) is 1. The van der Waals surface area contributed by atoms with Crippen LogP contribution in [0.3, 0.4) is 0 Å². The maximum atomic E-state index is 11.9. The molecule has 2 saturated heterocycles. The van der Waals surface area contributed by atoms with Crippen LogP contribution in [-0.4, -0.2) is 36.2 Å². The quantitative estimate of drug-likeness (QED) is 0.800. The molecule has 0 aliphatic carbocycles. The number of thioether (sulfide) groups is 2. The predicted octanol–water partition coefficient (Wildman–Crippen LogP) is 2.64. The lowest BCUT2D eigenvalue weighted by Gasteiger charge is -2.10. The number of hydrogen-bond donors (Lipinski definition) is 0. The predicted molar refractivity (Wildman–Crippen MR) is 78.9 cm³/mol. The Morgan fingerprint density at radius 3 is 2.50 bits per heavy atom. The summed E-state index contributed by atoms with van der Waals surface area (Å²) in [6.45, 7) is 0.325. The summed E-state index contributed by atoms with van der Waals surface area (Å²) in [6.07, 6.45) is -0.305. The number of carbonyl (C=O) groups excluding carboxylic acids is 2. The highest BCUT2D eigenvalue weighted by molar-refractivity contribution is 8.19. The van der Waals surface area contributed by atoms with Crippen molar-refractivity contribution in [2.75, 3.05) is 18.1 Å². The van der Waals surface area contributed by atoms with Gasteiger partial charge in [-0.3, -0.25) is 0 Å². The van der Waals surface area contributed by atoms with E-state index >= 15 is 0 Å². The number of rotatable bonds is 3. The first-order chi connectivity index (χ1) is 9.74. The summed E-state index contributed by atoms with van der Waals surface area (Å²) in [5.41, 5.74) is 1.69. The van der Waals surface area contributed by atoms with E-state index in [1.165, 1.54) is 17.1 Å². The summed E-state index contributed by atoms with van der Waals surface area (Å²) < 4.78 is 10.4. The molecule has 2 aliphatic heterocycles. The number of benzene rings is 1. The second kappa shape index (κ2) is 6.10. The average molecular weight is 310 g/mol. The third-order valence-corrected chi connectivity index (χ3v) is 6.28. The van der Waals surface area contributed by atoms with Gasteiger partial charge in [0, 0.05) is 17.9 Å². The van der Waals surface area contributed by atoms with Crippen LogP contribution in [0.25, 0.3) is 0 Å². The normalized spacial score (nSPS) is 22.8. The van der Waals surface area contributed by atoms with E-state index in [2.05, 4.69) is 0 Å². The number of hydrogen-bond acceptors (Lipinski definition) is 6. The van der Waals surface area contributed by atoms with E-state index in [1.54, 1.807) is 12.1 Å². The van der Waals surface area contributed by atoms with E-state index in [4.69, 9.17) is 9.47 Å². The molecule has 20 heavy (non-hydrogen) atoms. The average Bonchev–Trinajstić information content (AvgIpc) is 3.12. The molecule has 0 radical (unpaired) electrons. The maximum Gasteiger partial charge on any atom is 0.347 e. The molecule has 0 unspecified atom stereocenters. The van der Waals surface area contributed by atoms with E-state index in [1.807, 2.05) is 35.7 Å². The van der Waals surface area contributed by atoms with Crippen LogP contribution in [0, 0.1) is 0 Å². The first-order valence-electron chi connectivity index (χ1n) is 6.45. The van der Waals surface area contributed by atoms with Crippen molar-refractivity contribution >= 4 is 35.5 Å². The Balaban J connectivity index is 1.64. The van der Waals surface area contributed by atoms with Gasteiger partial charge in [-0.1, -0.05) is 12.1 Å². The molecule has 2 heterocycles. The minimum atomic E-state index is -0.747. The highest BCUT2D eigenvalue weighted by Crippen LogP contribution is 2.45. The standard InChI is InChI=1S/C14H14O4S2/c15-12(18-11-5-6-17-13(11)16)9-1-3-10(4-2-9)14-19-7-8-20-14/h1-4,11,14H,5-8H2/t11-/m0/s1. The zero-order valence-corrected chi connectivity index (χ0v) is 12.4. The van der Waals surface area contributed by atoms with Gasteiger partial charge in [-0.05, 0) is 17.7 Å². The van der Waals surface area contributed by atoms with Gasteiger partial charge in [0.25, 0.3) is 0 Å². The fourth-order valence-corrected chi connectivity index (χ4v) is 4.97. The van der Waals surface area contributed by atoms with Gasteiger partial charge in [-0.25, -0.2) is 9.59 Å². The van der Waals surface area contributed by atoms with Crippen LogP contribution in [0.2, 0.25) is 0 Å². The SMILES string of the molecule is O=C(O[C@H]1CCOC1=O)c1ccc(C2SCCS2)cc1. The highest BCUT2D eigenvalue weighted by atomic mass is 32.2. The molecular formula is C14H14O4S2. The Labute approximate surface area is 125 Å². The number of ether oxygens (including phenoxy) is 2. The zero-order valence-electron chi connectivity index (χ0n) is 10.7. The third-order valence-electron chi connectivity index (χ3n) is 3.18. The fraction of sp³-hybridized carbons (Fsp3) is 0.429. The van der Waals surface area contributed by atoms with Crippen molar-refractivity contribution in [3.63, 3.8) is 0 Å². The molecule has 3 rings (SSSR count). The smallest absolute Gasteiger partial charge is 0.347 e. The van der Waals surface area contributed by atoms with Crippen molar-refractivity contribution in [1.82, 2.24) is 0 Å². The van der Waals surface area contributed by atoms with E-state index in [9.17, 15) is 9.59 Å². The lowest BCUT2D eigenvalue weighted by Crippen LogP contribution is -2.22. The van der Waals surface area contributed by atoms with Crippen molar-refractivity contribution in [3.05, 3.63) is 35.4 Å². The summed E-state index contributed by atoms with van der Waals surface area (Å²) in [4.78, 5) is 23.2. The van der Waals surface area contributed by atoms with Crippen LogP contribution in [0.5, 0.6) is 0 Å². The molecule has 106 valence electrons. The molecule has 1 aromatic carbocycles. The van der Waals surface area contributed by atoms with Crippen molar-refractivity contribution < 1.29 is 19.1 Å². The molecule has 4 nitrogen and oxygen atoms in total. The van der Waals surface area contributed by atoms with Gasteiger partial charge < -0.3 is 9.47 Å². The largest absolute Gasteiger partial charge is 0.463 e. The Hall–Kier alpha value is -1.14. The summed E-state index contributed by atoms with van der Waals surface area (Å²) in [5.74, 6) is 1.42. The molecule has 1 aromatic rings. The second-order valence-corrected chi connectivity index (χ2v) is 7.27. The van der Waals surface area contributed by atoms with Crippen LogP contribution in [0.4, 0.5) is 0 Å². The molecule has 0 N–H and O–H groups in total. The van der Waals surface area contributed by atoms with Gasteiger partial charge in [-0.15, -0.1) is 23.5 Å². The minimum absolute atomic E-state index is 0.325. The van der Waals surface area contributed by atoms with Crippen LogP contribution < -0.4 is 0 Å². The van der Waals surface area contributed by atoms with Gasteiger partial charge in [0.05, 0.1) is 16.8 Å². The number of carbonyl (C=O) groups is 2. The van der Waals surface area contributed by atoms with Crippen molar-refractivity contribution in [1.29, 1.82) is 0 Å². The summed E-state index contributed by atoms with van der Waals surface area (Å²) >= 11 is 3.84. The zero-order chi connectivity index (χ0) is 13.9. The van der Waals surface area contributed by atoms with Crippen LogP contribution in [0.15, 0.2) is 24.3 Å². The van der Waals surface area contributed by atoms with Crippen molar-refractivity contribution in [2.24, 2.45) is 0 Å². The van der Waals surface area contributed by atoms with Crippen molar-refractivity contribution in [3.8, 4) is 0 Å². The molecule has 1 atom stereocenters. The first kappa shape index (κ1) is 13.8. The lowest BCUT2D eigenvalue weighted by atomic mass is 10.1. The molecule has 0 amide bonds. The van der Waals surface area contributed by atoms with Gasteiger partial charge >= 0.3 is 11.9 Å². The van der Waals surface area contributed by atoms with Crippen LogP contribution in [-0.2, 0) is 14.3 Å². The molecule has 0 saturated carbocycles. The number of esters is 2. The van der Waals surface area contributed by atoms with E-state index < -0.39 is 18.0 Å². The Kier molecular flexibility index (Phi) is 4.21. The van der Waals surface area contributed by atoms with Gasteiger partial charge in [0.2, 0.25) is 6.10 Å². The topological polar surface area (TPSA) is 52.6 Å². The molecule has 2 fully saturated rings. The monoisotopic (exact) mass is 310 g/mol. The summed E-state index contributed by atoms with van der Waals surface area (Å²) in [6, 6.07) is 7.44.